The highest BCUT2D eigenvalue weighted by atomic mass is 16.5. The summed E-state index contributed by atoms with van der Waals surface area (Å²) >= 11 is 0. The Balaban J connectivity index is 2.57. The molecule has 0 aromatic rings. The van der Waals surface area contributed by atoms with Crippen molar-refractivity contribution >= 4 is 5.97 Å². The summed E-state index contributed by atoms with van der Waals surface area (Å²) < 4.78 is 5.37. The van der Waals surface area contributed by atoms with E-state index in [2.05, 4.69) is 19.2 Å². The molecule has 15 heavy (non-hydrogen) atoms. The van der Waals surface area contributed by atoms with Crippen LogP contribution in [0.2, 0.25) is 0 Å². The van der Waals surface area contributed by atoms with Gasteiger partial charge in [-0.3, -0.25) is 4.79 Å². The van der Waals surface area contributed by atoms with Crippen molar-refractivity contribution in [1.29, 1.82) is 0 Å². The number of hydrogen-bond donors (Lipinski definition) is 1. The standard InChI is InChI=1S/C12H23NO2/c1-5-9(2)15-11(14)10-12(3,4)7-6-8-13-10/h9-10,13H,5-8H2,1-4H3. The van der Waals surface area contributed by atoms with Gasteiger partial charge in [0.1, 0.15) is 6.04 Å². The Morgan fingerprint density at radius 1 is 1.60 bits per heavy atom. The van der Waals surface area contributed by atoms with E-state index in [0.29, 0.717) is 0 Å². The van der Waals surface area contributed by atoms with Gasteiger partial charge in [0.05, 0.1) is 6.10 Å². The molecule has 3 nitrogen and oxygen atoms in total. The van der Waals surface area contributed by atoms with Crippen LogP contribution < -0.4 is 5.32 Å². The Bertz CT molecular complexity index is 226. The minimum absolute atomic E-state index is 0.0167. The predicted octanol–water partition coefficient (Wildman–Crippen LogP) is 2.11. The lowest BCUT2D eigenvalue weighted by molar-refractivity contribution is -0.155. The second-order valence-electron chi connectivity index (χ2n) is 5.14. The van der Waals surface area contributed by atoms with E-state index in [0.717, 1.165) is 25.8 Å². The highest BCUT2D eigenvalue weighted by Crippen LogP contribution is 2.30. The van der Waals surface area contributed by atoms with Crippen molar-refractivity contribution in [2.24, 2.45) is 5.41 Å². The molecular weight excluding hydrogens is 190 g/mol. The lowest BCUT2D eigenvalue weighted by Gasteiger charge is -2.37. The van der Waals surface area contributed by atoms with Crippen LogP contribution in [0.4, 0.5) is 0 Å². The number of ether oxygens (including phenoxy) is 1. The van der Waals surface area contributed by atoms with Gasteiger partial charge in [-0.05, 0) is 38.1 Å². The van der Waals surface area contributed by atoms with Gasteiger partial charge in [0, 0.05) is 0 Å². The fraction of sp³-hybridized carbons (Fsp3) is 0.917. The van der Waals surface area contributed by atoms with E-state index in [1.807, 2.05) is 13.8 Å². The number of nitrogens with one attached hydrogen (secondary N) is 1. The first-order valence-corrected chi connectivity index (χ1v) is 5.91. The molecule has 1 N–H and O–H groups in total. The number of hydrogen-bond acceptors (Lipinski definition) is 3. The van der Waals surface area contributed by atoms with Crippen molar-refractivity contribution < 1.29 is 9.53 Å². The maximum Gasteiger partial charge on any atom is 0.323 e. The number of carbonyl (C=O) groups is 1. The van der Waals surface area contributed by atoms with Gasteiger partial charge in [-0.1, -0.05) is 20.8 Å². The molecule has 1 rings (SSSR count). The summed E-state index contributed by atoms with van der Waals surface area (Å²) in [6.07, 6.45) is 3.12. The Morgan fingerprint density at radius 3 is 2.80 bits per heavy atom. The van der Waals surface area contributed by atoms with Crippen molar-refractivity contribution in [2.75, 3.05) is 6.54 Å². The maximum absolute atomic E-state index is 11.9. The topological polar surface area (TPSA) is 38.3 Å². The molecule has 0 aromatic heterocycles. The maximum atomic E-state index is 11.9. The van der Waals surface area contributed by atoms with E-state index in [1.54, 1.807) is 0 Å². The smallest absolute Gasteiger partial charge is 0.323 e. The molecule has 0 spiro atoms. The van der Waals surface area contributed by atoms with E-state index in [4.69, 9.17) is 4.74 Å². The Morgan fingerprint density at radius 2 is 2.27 bits per heavy atom. The van der Waals surface area contributed by atoms with Crippen molar-refractivity contribution in [3.8, 4) is 0 Å². The van der Waals surface area contributed by atoms with Crippen molar-refractivity contribution in [3.05, 3.63) is 0 Å². The number of esters is 1. The van der Waals surface area contributed by atoms with Crippen molar-refractivity contribution in [3.63, 3.8) is 0 Å². The molecule has 0 amide bonds. The zero-order valence-corrected chi connectivity index (χ0v) is 10.3. The third kappa shape index (κ3) is 3.20. The first-order valence-electron chi connectivity index (χ1n) is 5.91. The van der Waals surface area contributed by atoms with Crippen LogP contribution in [0.25, 0.3) is 0 Å². The van der Waals surface area contributed by atoms with E-state index in [9.17, 15) is 4.79 Å². The molecule has 2 unspecified atom stereocenters. The quantitative estimate of drug-likeness (QED) is 0.730. The third-order valence-corrected chi connectivity index (χ3v) is 3.26. The van der Waals surface area contributed by atoms with Crippen LogP contribution >= 0.6 is 0 Å². The summed E-state index contributed by atoms with van der Waals surface area (Å²) in [5.74, 6) is -0.0888. The Labute approximate surface area is 92.6 Å². The Kier molecular flexibility index (Phi) is 4.14. The van der Waals surface area contributed by atoms with E-state index < -0.39 is 0 Å². The number of carbonyl (C=O) groups excluding carboxylic acids is 1. The minimum Gasteiger partial charge on any atom is -0.462 e. The van der Waals surface area contributed by atoms with Gasteiger partial charge in [-0.15, -0.1) is 0 Å². The van der Waals surface area contributed by atoms with Crippen LogP contribution in [0.15, 0.2) is 0 Å². The summed E-state index contributed by atoms with van der Waals surface area (Å²) in [7, 11) is 0. The zero-order chi connectivity index (χ0) is 11.5. The number of piperidine rings is 1. The summed E-state index contributed by atoms with van der Waals surface area (Å²) in [6.45, 7) is 9.14. The molecule has 0 saturated carbocycles. The molecule has 88 valence electrons. The second-order valence-corrected chi connectivity index (χ2v) is 5.14. The monoisotopic (exact) mass is 213 g/mol. The third-order valence-electron chi connectivity index (χ3n) is 3.26. The fourth-order valence-corrected chi connectivity index (χ4v) is 1.96. The first-order chi connectivity index (χ1) is 6.97. The van der Waals surface area contributed by atoms with Crippen LogP contribution in [-0.4, -0.2) is 24.7 Å². The summed E-state index contributed by atoms with van der Waals surface area (Å²) in [4.78, 5) is 11.9. The summed E-state index contributed by atoms with van der Waals surface area (Å²) in [6, 6.07) is -0.139. The summed E-state index contributed by atoms with van der Waals surface area (Å²) in [5.41, 5.74) is 0.0167. The SMILES string of the molecule is CCC(C)OC(=O)C1NCCCC1(C)C. The second kappa shape index (κ2) is 4.97. The molecule has 3 heteroatoms. The molecule has 1 aliphatic heterocycles. The molecule has 1 fully saturated rings. The molecule has 0 aliphatic carbocycles. The lowest BCUT2D eigenvalue weighted by atomic mass is 9.77. The van der Waals surface area contributed by atoms with Gasteiger partial charge in [-0.2, -0.15) is 0 Å². The molecule has 0 bridgehead atoms. The van der Waals surface area contributed by atoms with Crippen LogP contribution in [0.5, 0.6) is 0 Å². The van der Waals surface area contributed by atoms with Gasteiger partial charge in [-0.25, -0.2) is 0 Å². The van der Waals surface area contributed by atoms with Crippen LogP contribution in [0.3, 0.4) is 0 Å². The normalized spacial score (nSPS) is 27.1. The molecule has 2 atom stereocenters. The predicted molar refractivity (Wildman–Crippen MR) is 60.7 cm³/mol. The summed E-state index contributed by atoms with van der Waals surface area (Å²) in [5, 5.41) is 3.26. The number of rotatable bonds is 3. The molecule has 1 heterocycles. The van der Waals surface area contributed by atoms with Crippen LogP contribution in [0, 0.1) is 5.41 Å². The highest BCUT2D eigenvalue weighted by molar-refractivity contribution is 5.77. The average molecular weight is 213 g/mol. The molecular formula is C12H23NO2. The molecule has 0 aromatic carbocycles. The van der Waals surface area contributed by atoms with Gasteiger partial charge in [0.2, 0.25) is 0 Å². The van der Waals surface area contributed by atoms with Gasteiger partial charge in [0.25, 0.3) is 0 Å². The van der Waals surface area contributed by atoms with E-state index >= 15 is 0 Å². The largest absolute Gasteiger partial charge is 0.462 e. The highest BCUT2D eigenvalue weighted by Gasteiger charge is 2.38. The molecule has 1 saturated heterocycles. The van der Waals surface area contributed by atoms with Crippen molar-refractivity contribution in [1.82, 2.24) is 5.32 Å². The van der Waals surface area contributed by atoms with Crippen LogP contribution in [0.1, 0.15) is 47.0 Å². The average Bonchev–Trinajstić information content (AvgIpc) is 2.16. The molecule has 0 radical (unpaired) electrons. The Hall–Kier alpha value is -0.570. The fourth-order valence-electron chi connectivity index (χ4n) is 1.96. The zero-order valence-electron chi connectivity index (χ0n) is 10.3. The van der Waals surface area contributed by atoms with Gasteiger partial charge >= 0.3 is 5.97 Å². The van der Waals surface area contributed by atoms with E-state index in [-0.39, 0.29) is 23.5 Å². The van der Waals surface area contributed by atoms with Gasteiger partial charge in [0.15, 0.2) is 0 Å². The van der Waals surface area contributed by atoms with Crippen LogP contribution in [-0.2, 0) is 9.53 Å². The van der Waals surface area contributed by atoms with Crippen molar-refractivity contribution in [2.45, 2.75) is 59.1 Å². The first kappa shape index (κ1) is 12.5. The molecule has 1 aliphatic rings. The minimum atomic E-state index is -0.139. The lowest BCUT2D eigenvalue weighted by Crippen LogP contribution is -2.52. The van der Waals surface area contributed by atoms with E-state index in [1.165, 1.54) is 0 Å². The van der Waals surface area contributed by atoms with Gasteiger partial charge < -0.3 is 10.1 Å².